The summed E-state index contributed by atoms with van der Waals surface area (Å²) < 4.78 is 2.33. The Labute approximate surface area is 130 Å². The van der Waals surface area contributed by atoms with Crippen LogP contribution in [-0.4, -0.2) is 39.2 Å². The van der Waals surface area contributed by atoms with Crippen LogP contribution in [0.5, 0.6) is 0 Å². The van der Waals surface area contributed by atoms with Gasteiger partial charge in [0.25, 0.3) is 0 Å². The molecule has 0 aromatic carbocycles. The van der Waals surface area contributed by atoms with E-state index in [1.54, 1.807) is 5.20 Å². The molecule has 0 amide bonds. The van der Waals surface area contributed by atoms with Gasteiger partial charge in [0.15, 0.2) is 0 Å². The summed E-state index contributed by atoms with van der Waals surface area (Å²) >= 11 is 0.651. The molecule has 0 heterocycles. The summed E-state index contributed by atoms with van der Waals surface area (Å²) in [5.74, 6) is 2.43. The van der Waals surface area contributed by atoms with Gasteiger partial charge in [0.1, 0.15) is 0 Å². The minimum absolute atomic E-state index is 0.504. The predicted octanol–water partition coefficient (Wildman–Crippen LogP) is 5.40. The molecule has 0 spiro atoms. The van der Waals surface area contributed by atoms with Gasteiger partial charge in [-0.15, -0.1) is 0 Å². The van der Waals surface area contributed by atoms with Crippen molar-refractivity contribution in [2.45, 2.75) is 69.4 Å². The van der Waals surface area contributed by atoms with Crippen molar-refractivity contribution >= 4 is 39.2 Å². The molecular weight excluding hydrogens is 343 g/mol. The maximum absolute atomic E-state index is 2.79. The van der Waals surface area contributed by atoms with Crippen molar-refractivity contribution in [1.29, 1.82) is 0 Å². The first-order chi connectivity index (χ1) is 8.27. The Morgan fingerprint density at radius 1 is 0.842 bits per heavy atom. The zero-order chi connectivity index (χ0) is 15.3. The fourth-order valence-corrected chi connectivity index (χ4v) is 23.3. The van der Waals surface area contributed by atoms with Crippen molar-refractivity contribution in [2.75, 3.05) is 0 Å². The molecule has 0 aromatic heterocycles. The first-order valence-corrected chi connectivity index (χ1v) is 20.3. The van der Waals surface area contributed by atoms with Crippen molar-refractivity contribution in [3.05, 3.63) is 21.8 Å². The van der Waals surface area contributed by atoms with Gasteiger partial charge in [0.05, 0.1) is 0 Å². The molecule has 0 nitrogen and oxygen atoms in total. The van der Waals surface area contributed by atoms with Crippen LogP contribution >= 0.6 is 0 Å². The number of hydrogen-bond donors (Lipinski definition) is 0. The summed E-state index contributed by atoms with van der Waals surface area (Å²) in [6.07, 6.45) is 5.43. The Morgan fingerprint density at radius 3 is 1.47 bits per heavy atom. The average Bonchev–Trinajstić information content (AvgIpc) is 2.54. The van der Waals surface area contributed by atoms with Gasteiger partial charge >= 0.3 is 130 Å². The fourth-order valence-electron chi connectivity index (χ4n) is 3.55. The monoisotopic (exact) mass is 376 g/mol. The van der Waals surface area contributed by atoms with Crippen LogP contribution in [0.1, 0.15) is 0 Å². The molecule has 0 N–H and O–H groups in total. The Kier molecular flexibility index (Phi) is 4.78. The molecule has 4 heteroatoms. The SMILES string of the molecule is C[Se]C1=CC([Si](C)(C)C)=CC1([Si](C)(C)C)[Si](C)(C)C. The fraction of sp³-hybridized carbons (Fsp3) is 0.733. The van der Waals surface area contributed by atoms with Crippen molar-refractivity contribution in [1.82, 2.24) is 0 Å². The van der Waals surface area contributed by atoms with Gasteiger partial charge in [-0.2, -0.15) is 0 Å². The standard InChI is InChI=1S/C15H32SeSi3/c1-16-14-11-13(17(2,3)4)12-15(14,18(5,6)7)19(8,9)10/h11-12H,1-10H3. The molecule has 19 heavy (non-hydrogen) atoms. The van der Waals surface area contributed by atoms with Gasteiger partial charge in [-0.05, 0) is 0 Å². The van der Waals surface area contributed by atoms with Gasteiger partial charge < -0.3 is 0 Å². The first-order valence-electron chi connectivity index (χ1n) is 7.27. The van der Waals surface area contributed by atoms with Gasteiger partial charge in [-0.25, -0.2) is 0 Å². The minimum atomic E-state index is -1.26. The Bertz CT molecular complexity index is 400. The predicted molar refractivity (Wildman–Crippen MR) is 101 cm³/mol. The van der Waals surface area contributed by atoms with Crippen molar-refractivity contribution in [2.24, 2.45) is 0 Å². The normalized spacial score (nSPS) is 20.3. The van der Waals surface area contributed by atoms with E-state index in [0.29, 0.717) is 19.6 Å². The third-order valence-electron chi connectivity index (χ3n) is 4.50. The second kappa shape index (κ2) is 5.13. The van der Waals surface area contributed by atoms with E-state index in [1.165, 1.54) is 0 Å². The van der Waals surface area contributed by atoms with Crippen molar-refractivity contribution < 1.29 is 0 Å². The van der Waals surface area contributed by atoms with Crippen molar-refractivity contribution in [3.63, 3.8) is 0 Å². The Balaban J connectivity index is 3.58. The van der Waals surface area contributed by atoms with E-state index in [4.69, 9.17) is 0 Å². The quantitative estimate of drug-likeness (QED) is 0.577. The third-order valence-corrected chi connectivity index (χ3v) is 19.2. The van der Waals surface area contributed by atoms with Crippen LogP contribution in [0.25, 0.3) is 0 Å². The van der Waals surface area contributed by atoms with Crippen LogP contribution in [0.4, 0.5) is 0 Å². The second-order valence-electron chi connectivity index (χ2n) is 8.87. The van der Waals surface area contributed by atoms with Crippen LogP contribution in [-0.2, 0) is 0 Å². The molecule has 110 valence electrons. The van der Waals surface area contributed by atoms with E-state index in [2.05, 4.69) is 76.9 Å². The van der Waals surface area contributed by atoms with Gasteiger partial charge in [-0.3, -0.25) is 0 Å². The first kappa shape index (κ1) is 17.7. The molecule has 0 aromatic rings. The maximum atomic E-state index is 2.79. The van der Waals surface area contributed by atoms with Crippen LogP contribution in [0.2, 0.25) is 69.4 Å². The Hall–Kier alpha value is 0.650. The van der Waals surface area contributed by atoms with Gasteiger partial charge in [0.2, 0.25) is 0 Å². The summed E-state index contributed by atoms with van der Waals surface area (Å²) in [6.45, 7) is 23.1. The van der Waals surface area contributed by atoms with E-state index in [9.17, 15) is 0 Å². The molecule has 0 bridgehead atoms. The summed E-state index contributed by atoms with van der Waals surface area (Å²) in [6, 6.07) is 0. The van der Waals surface area contributed by atoms with Gasteiger partial charge in [0, 0.05) is 0 Å². The zero-order valence-corrected chi connectivity index (χ0v) is 19.3. The zero-order valence-electron chi connectivity index (χ0n) is 14.6. The second-order valence-corrected chi connectivity index (χ2v) is 26.8. The molecule has 1 rings (SSSR count). The number of hydrogen-bond acceptors (Lipinski definition) is 0. The van der Waals surface area contributed by atoms with Crippen LogP contribution < -0.4 is 0 Å². The Morgan fingerprint density at radius 2 is 1.26 bits per heavy atom. The van der Waals surface area contributed by atoms with E-state index in [-0.39, 0.29) is 0 Å². The number of allylic oxidation sites excluding steroid dienone is 4. The molecule has 0 fully saturated rings. The van der Waals surface area contributed by atoms with E-state index >= 15 is 0 Å². The van der Waals surface area contributed by atoms with E-state index < -0.39 is 24.2 Å². The molecule has 1 aliphatic carbocycles. The molecule has 0 unspecified atom stereocenters. The summed E-state index contributed by atoms with van der Waals surface area (Å²) in [4.78, 5) is 0. The number of rotatable bonds is 4. The molecule has 1 aliphatic rings. The summed E-state index contributed by atoms with van der Waals surface area (Å²) in [5.41, 5.74) is 0. The molecular formula is C15H32SeSi3. The molecule has 0 saturated carbocycles. The molecule has 0 aliphatic heterocycles. The summed E-state index contributed by atoms with van der Waals surface area (Å²) in [7, 11) is -3.71. The van der Waals surface area contributed by atoms with Crippen LogP contribution in [0.3, 0.4) is 0 Å². The average molecular weight is 376 g/mol. The third kappa shape index (κ3) is 2.98. The van der Waals surface area contributed by atoms with E-state index in [0.717, 1.165) is 0 Å². The van der Waals surface area contributed by atoms with Crippen LogP contribution in [0.15, 0.2) is 21.8 Å². The topological polar surface area (TPSA) is 0 Å². The molecule has 0 saturated heterocycles. The van der Waals surface area contributed by atoms with Gasteiger partial charge in [-0.1, -0.05) is 0 Å². The summed E-state index contributed by atoms with van der Waals surface area (Å²) in [5, 5.41) is 1.73. The van der Waals surface area contributed by atoms with Crippen molar-refractivity contribution in [3.8, 4) is 0 Å². The van der Waals surface area contributed by atoms with Crippen LogP contribution in [0, 0.1) is 0 Å². The van der Waals surface area contributed by atoms with E-state index in [1.807, 2.05) is 4.47 Å². The molecule has 0 atom stereocenters. The molecule has 0 radical (unpaired) electrons.